The molecule has 0 radical (unpaired) electrons. The van der Waals surface area contributed by atoms with Crippen LogP contribution in [0, 0.1) is 23.0 Å². The zero-order chi connectivity index (χ0) is 15.4. The maximum atomic E-state index is 11.7. The van der Waals surface area contributed by atoms with E-state index >= 15 is 0 Å². The summed E-state index contributed by atoms with van der Waals surface area (Å²) in [5.74, 6) is 0.358. The van der Waals surface area contributed by atoms with E-state index in [2.05, 4.69) is 4.98 Å². The van der Waals surface area contributed by atoms with Gasteiger partial charge in [-0.05, 0) is 26.7 Å². The lowest BCUT2D eigenvalue weighted by Gasteiger charge is -2.31. The van der Waals surface area contributed by atoms with E-state index in [4.69, 9.17) is 4.74 Å². The van der Waals surface area contributed by atoms with Gasteiger partial charge in [-0.1, -0.05) is 0 Å². The first-order valence-electron chi connectivity index (χ1n) is 7.05. The Morgan fingerprint density at radius 1 is 1.52 bits per heavy atom. The van der Waals surface area contributed by atoms with Gasteiger partial charge in [-0.2, -0.15) is 0 Å². The van der Waals surface area contributed by atoms with Crippen molar-refractivity contribution < 1.29 is 14.5 Å². The van der Waals surface area contributed by atoms with Gasteiger partial charge < -0.3 is 9.64 Å². The number of esters is 1. The molecule has 1 aliphatic heterocycles. The van der Waals surface area contributed by atoms with Crippen molar-refractivity contribution in [3.63, 3.8) is 0 Å². The monoisotopic (exact) mass is 293 g/mol. The normalized spacial score (nSPS) is 15.8. The predicted octanol–water partition coefficient (Wildman–Crippen LogP) is 2.08. The molecule has 0 N–H and O–H groups in total. The molecule has 114 valence electrons. The van der Waals surface area contributed by atoms with E-state index in [0.717, 1.165) is 0 Å². The van der Waals surface area contributed by atoms with Gasteiger partial charge in [0.15, 0.2) is 0 Å². The molecule has 0 spiro atoms. The third-order valence-electron chi connectivity index (χ3n) is 3.70. The average molecular weight is 293 g/mol. The number of hydrogen-bond donors (Lipinski definition) is 0. The van der Waals surface area contributed by atoms with Gasteiger partial charge in [-0.3, -0.25) is 14.9 Å². The van der Waals surface area contributed by atoms with E-state index in [9.17, 15) is 14.9 Å². The van der Waals surface area contributed by atoms with Crippen LogP contribution in [0.2, 0.25) is 0 Å². The number of pyridine rings is 1. The Labute approximate surface area is 123 Å². The number of nitrogens with zero attached hydrogens (tertiary/aromatic N) is 3. The Morgan fingerprint density at radius 2 is 2.19 bits per heavy atom. The van der Waals surface area contributed by atoms with Crippen molar-refractivity contribution in [3.05, 3.63) is 27.9 Å². The molecule has 0 saturated carbocycles. The molecular weight excluding hydrogens is 274 g/mol. The molecular formula is C14H19N3O4. The lowest BCUT2D eigenvalue weighted by molar-refractivity contribution is -0.385. The molecule has 0 amide bonds. The second kappa shape index (κ2) is 6.51. The van der Waals surface area contributed by atoms with E-state index in [1.807, 2.05) is 4.90 Å². The molecule has 0 unspecified atom stereocenters. The molecule has 7 nitrogen and oxygen atoms in total. The molecule has 21 heavy (non-hydrogen) atoms. The first-order valence-corrected chi connectivity index (χ1v) is 7.05. The third kappa shape index (κ3) is 3.48. The van der Waals surface area contributed by atoms with Crippen molar-refractivity contribution in [2.24, 2.45) is 5.92 Å². The van der Waals surface area contributed by atoms with E-state index in [-0.39, 0.29) is 17.6 Å². The number of ether oxygens (including phenoxy) is 1. The minimum absolute atomic E-state index is 0.0764. The van der Waals surface area contributed by atoms with Crippen molar-refractivity contribution in [1.82, 2.24) is 4.98 Å². The highest BCUT2D eigenvalue weighted by Crippen LogP contribution is 2.26. The molecule has 1 aliphatic rings. The molecule has 1 fully saturated rings. The predicted molar refractivity (Wildman–Crippen MR) is 77.2 cm³/mol. The first-order chi connectivity index (χ1) is 10.0. The van der Waals surface area contributed by atoms with Gasteiger partial charge >= 0.3 is 5.97 Å². The molecule has 0 atom stereocenters. The van der Waals surface area contributed by atoms with Gasteiger partial charge in [0, 0.05) is 24.8 Å². The summed E-state index contributed by atoms with van der Waals surface area (Å²) < 4.78 is 5.03. The average Bonchev–Trinajstić information content (AvgIpc) is 2.48. The molecule has 1 aromatic heterocycles. The van der Waals surface area contributed by atoms with Crippen LogP contribution in [0.4, 0.5) is 11.5 Å². The van der Waals surface area contributed by atoms with Gasteiger partial charge in [0.2, 0.25) is 0 Å². The van der Waals surface area contributed by atoms with Gasteiger partial charge in [0.05, 0.1) is 23.5 Å². The van der Waals surface area contributed by atoms with Crippen molar-refractivity contribution in [1.29, 1.82) is 0 Å². The lowest BCUT2D eigenvalue weighted by Crippen LogP contribution is -2.37. The highest BCUT2D eigenvalue weighted by Gasteiger charge is 2.27. The number of nitro groups is 1. The summed E-state index contributed by atoms with van der Waals surface area (Å²) in [5, 5.41) is 11.0. The zero-order valence-electron chi connectivity index (χ0n) is 12.2. The smallest absolute Gasteiger partial charge is 0.309 e. The van der Waals surface area contributed by atoms with Crippen molar-refractivity contribution in [3.8, 4) is 0 Å². The molecule has 1 saturated heterocycles. The molecule has 7 heteroatoms. The lowest BCUT2D eigenvalue weighted by atomic mass is 9.97. The summed E-state index contributed by atoms with van der Waals surface area (Å²) in [4.78, 5) is 28.5. The second-order valence-corrected chi connectivity index (χ2v) is 5.10. The summed E-state index contributed by atoms with van der Waals surface area (Å²) in [5.41, 5.74) is 0.623. The van der Waals surface area contributed by atoms with Crippen LogP contribution >= 0.6 is 0 Å². The number of anilines is 1. The van der Waals surface area contributed by atoms with Crippen molar-refractivity contribution in [2.45, 2.75) is 26.7 Å². The Bertz CT molecular complexity index is 539. The van der Waals surface area contributed by atoms with E-state index in [1.165, 1.54) is 12.3 Å². The number of hydrogen-bond acceptors (Lipinski definition) is 6. The van der Waals surface area contributed by atoms with Crippen LogP contribution in [0.3, 0.4) is 0 Å². The maximum Gasteiger partial charge on any atom is 0.309 e. The quantitative estimate of drug-likeness (QED) is 0.480. The fourth-order valence-electron chi connectivity index (χ4n) is 2.48. The molecule has 0 aliphatic carbocycles. The molecule has 1 aromatic rings. The van der Waals surface area contributed by atoms with Gasteiger partial charge in [0.25, 0.3) is 5.69 Å². The van der Waals surface area contributed by atoms with Crippen LogP contribution in [0.5, 0.6) is 0 Å². The van der Waals surface area contributed by atoms with E-state index in [1.54, 1.807) is 13.8 Å². The number of aryl methyl sites for hydroxylation is 1. The topological polar surface area (TPSA) is 85.6 Å². The second-order valence-electron chi connectivity index (χ2n) is 5.10. The largest absolute Gasteiger partial charge is 0.466 e. The van der Waals surface area contributed by atoms with Crippen molar-refractivity contribution in [2.75, 3.05) is 24.6 Å². The number of aromatic nitrogens is 1. The summed E-state index contributed by atoms with van der Waals surface area (Å²) in [6.45, 7) is 5.16. The summed E-state index contributed by atoms with van der Waals surface area (Å²) in [6, 6.07) is 1.50. The number of piperidine rings is 1. The Morgan fingerprint density at radius 3 is 2.76 bits per heavy atom. The molecule has 2 heterocycles. The SMILES string of the molecule is CCOC(=O)C1CCN(c2cc([N+](=O)[O-])c(C)cn2)CC1. The summed E-state index contributed by atoms with van der Waals surface area (Å²) in [6.07, 6.45) is 2.88. The van der Waals surface area contributed by atoms with Crippen LogP contribution in [-0.2, 0) is 9.53 Å². The highest BCUT2D eigenvalue weighted by atomic mass is 16.6. The third-order valence-corrected chi connectivity index (χ3v) is 3.70. The first kappa shape index (κ1) is 15.2. The Balaban J connectivity index is 2.04. The van der Waals surface area contributed by atoms with Gasteiger partial charge in [0.1, 0.15) is 5.82 Å². The zero-order valence-corrected chi connectivity index (χ0v) is 12.2. The number of rotatable bonds is 4. The van der Waals surface area contributed by atoms with Crippen LogP contribution in [0.15, 0.2) is 12.3 Å². The summed E-state index contributed by atoms with van der Waals surface area (Å²) >= 11 is 0. The Hall–Kier alpha value is -2.18. The molecule has 0 bridgehead atoms. The van der Waals surface area contributed by atoms with Gasteiger partial charge in [-0.25, -0.2) is 4.98 Å². The fraction of sp³-hybridized carbons (Fsp3) is 0.571. The van der Waals surface area contributed by atoms with Crippen LogP contribution in [-0.4, -0.2) is 35.6 Å². The fourth-order valence-corrected chi connectivity index (χ4v) is 2.48. The summed E-state index contributed by atoms with van der Waals surface area (Å²) in [7, 11) is 0. The highest BCUT2D eigenvalue weighted by molar-refractivity contribution is 5.72. The van der Waals surface area contributed by atoms with Crippen LogP contribution < -0.4 is 4.90 Å². The molecule has 0 aromatic carbocycles. The minimum atomic E-state index is -0.397. The van der Waals surface area contributed by atoms with Crippen LogP contribution in [0.25, 0.3) is 0 Å². The minimum Gasteiger partial charge on any atom is -0.466 e. The standard InChI is InChI=1S/C14H19N3O4/c1-3-21-14(18)11-4-6-16(7-5-11)13-8-12(17(19)20)10(2)9-15-13/h8-9,11H,3-7H2,1-2H3. The van der Waals surface area contributed by atoms with Gasteiger partial charge in [-0.15, -0.1) is 0 Å². The van der Waals surface area contributed by atoms with E-state index in [0.29, 0.717) is 43.9 Å². The molecule has 2 rings (SSSR count). The number of carbonyl (C=O) groups is 1. The maximum absolute atomic E-state index is 11.7. The van der Waals surface area contributed by atoms with E-state index < -0.39 is 4.92 Å². The van der Waals surface area contributed by atoms with Crippen molar-refractivity contribution >= 4 is 17.5 Å². The number of carbonyl (C=O) groups excluding carboxylic acids is 1. The van der Waals surface area contributed by atoms with Crippen LogP contribution in [0.1, 0.15) is 25.3 Å². The Kier molecular flexibility index (Phi) is 4.72.